The third-order valence-electron chi connectivity index (χ3n) is 5.92. The normalized spacial score (nSPS) is 14.6. The van der Waals surface area contributed by atoms with E-state index in [1.165, 1.54) is 11.1 Å². The van der Waals surface area contributed by atoms with Gasteiger partial charge < -0.3 is 24.4 Å². The average Bonchev–Trinajstić information content (AvgIpc) is 3.10. The van der Waals surface area contributed by atoms with E-state index in [1.807, 2.05) is 36.7 Å². The van der Waals surface area contributed by atoms with Crippen LogP contribution in [-0.2, 0) is 23.1 Å². The van der Waals surface area contributed by atoms with Crippen molar-refractivity contribution < 1.29 is 29.3 Å². The van der Waals surface area contributed by atoms with Gasteiger partial charge in [-0.1, -0.05) is 24.3 Å². The summed E-state index contributed by atoms with van der Waals surface area (Å²) in [5.41, 5.74) is 5.89. The fourth-order valence-corrected chi connectivity index (χ4v) is 4.04. The van der Waals surface area contributed by atoms with Crippen molar-refractivity contribution in [3.63, 3.8) is 0 Å². The maximum atomic E-state index is 12.8. The lowest BCUT2D eigenvalue weighted by Crippen LogP contribution is -2.25. The van der Waals surface area contributed by atoms with Crippen molar-refractivity contribution >= 4 is 28.9 Å². The van der Waals surface area contributed by atoms with E-state index in [-0.39, 0.29) is 12.0 Å². The molecule has 1 aliphatic rings. The van der Waals surface area contributed by atoms with Gasteiger partial charge in [0.25, 0.3) is 5.91 Å². The van der Waals surface area contributed by atoms with Gasteiger partial charge in [0.05, 0.1) is 5.52 Å². The molecule has 2 N–H and O–H groups in total. The Morgan fingerprint density at radius 2 is 1.74 bits per heavy atom. The minimum atomic E-state index is -1.26. The Balaban J connectivity index is 0.000000371. The van der Waals surface area contributed by atoms with Crippen molar-refractivity contribution in [2.75, 3.05) is 14.1 Å². The molecule has 9 heteroatoms. The number of carboxylic acids is 2. The third kappa shape index (κ3) is 5.51. The Labute approximate surface area is 203 Å². The number of aliphatic carboxylic acids is 2. The number of amides is 1. The summed E-state index contributed by atoms with van der Waals surface area (Å²) in [7, 11) is 5.54. The number of carboxylic acid groups (broad SMARTS) is 2. The molecule has 0 aliphatic carbocycles. The van der Waals surface area contributed by atoms with Gasteiger partial charge in [0, 0.05) is 44.4 Å². The molecule has 0 spiro atoms. The molecule has 1 amide bonds. The summed E-state index contributed by atoms with van der Waals surface area (Å²) >= 11 is 0. The summed E-state index contributed by atoms with van der Waals surface area (Å²) in [6, 6.07) is 10.3. The standard InChI is InChI=1S/C22H25N3O2.C4H4O4/c1-13-8-6-7-9-15(13)19-11-10-16-17(22(26)24(3)4)12-18-20(21(16)27-19)23-14(2)25(18)5;5-3(6)1-2-4(7)8/h6-9,12,19H,10-11H2,1-5H3;1-2H,(H,5,6)(H,7,8)/t19-;/m0./s1. The van der Waals surface area contributed by atoms with Crippen LogP contribution in [0.4, 0.5) is 0 Å². The zero-order chi connectivity index (χ0) is 25.9. The summed E-state index contributed by atoms with van der Waals surface area (Å²) in [4.78, 5) is 38.3. The molecule has 1 aliphatic heterocycles. The Kier molecular flexibility index (Phi) is 7.58. The van der Waals surface area contributed by atoms with Crippen LogP contribution in [-0.4, -0.2) is 56.6 Å². The first-order chi connectivity index (χ1) is 16.5. The monoisotopic (exact) mass is 479 g/mol. The van der Waals surface area contributed by atoms with Crippen LogP contribution in [0, 0.1) is 13.8 Å². The molecule has 2 heterocycles. The van der Waals surface area contributed by atoms with Gasteiger partial charge in [-0.05, 0) is 43.9 Å². The van der Waals surface area contributed by atoms with E-state index in [4.69, 9.17) is 19.9 Å². The first kappa shape index (κ1) is 25.5. The molecule has 35 heavy (non-hydrogen) atoms. The lowest BCUT2D eigenvalue weighted by molar-refractivity contribution is -0.134. The minimum absolute atomic E-state index is 0.00458. The summed E-state index contributed by atoms with van der Waals surface area (Å²) in [6.07, 6.45) is 2.75. The van der Waals surface area contributed by atoms with E-state index in [0.717, 1.165) is 41.0 Å². The number of nitrogens with zero attached hydrogens (tertiary/aromatic N) is 3. The SMILES string of the molecule is Cc1ccccc1[C@@H]1CCc2c(C(=O)N(C)C)cc3c(nc(C)n3C)c2O1.O=C(O)C=CC(=O)O. The fraction of sp³-hybridized carbons (Fsp3) is 0.308. The van der Waals surface area contributed by atoms with Gasteiger partial charge in [-0.25, -0.2) is 14.6 Å². The molecular weight excluding hydrogens is 450 g/mol. The summed E-state index contributed by atoms with van der Waals surface area (Å²) < 4.78 is 8.52. The molecule has 0 radical (unpaired) electrons. The second kappa shape index (κ2) is 10.4. The Morgan fingerprint density at radius 1 is 1.11 bits per heavy atom. The lowest BCUT2D eigenvalue weighted by atomic mass is 9.91. The zero-order valence-corrected chi connectivity index (χ0v) is 20.4. The molecule has 1 atom stereocenters. The van der Waals surface area contributed by atoms with E-state index in [0.29, 0.717) is 17.7 Å². The highest BCUT2D eigenvalue weighted by Gasteiger charge is 2.30. The Morgan fingerprint density at radius 3 is 2.31 bits per heavy atom. The summed E-state index contributed by atoms with van der Waals surface area (Å²) in [5, 5.41) is 15.6. The van der Waals surface area contributed by atoms with Gasteiger partial charge in [0.15, 0.2) is 5.75 Å². The largest absolute Gasteiger partial charge is 0.483 e. The molecular formula is C26H29N3O6. The number of aryl methyl sites for hydroxylation is 3. The second-order valence-electron chi connectivity index (χ2n) is 8.53. The summed E-state index contributed by atoms with van der Waals surface area (Å²) in [5.74, 6) is -0.839. The summed E-state index contributed by atoms with van der Waals surface area (Å²) in [6.45, 7) is 4.09. The number of ether oxygens (including phenoxy) is 1. The first-order valence-corrected chi connectivity index (χ1v) is 11.1. The zero-order valence-electron chi connectivity index (χ0n) is 20.4. The maximum Gasteiger partial charge on any atom is 0.328 e. The molecule has 0 bridgehead atoms. The van der Waals surface area contributed by atoms with Gasteiger partial charge in [0.2, 0.25) is 0 Å². The van der Waals surface area contributed by atoms with E-state index < -0.39 is 11.9 Å². The predicted molar refractivity (Wildman–Crippen MR) is 131 cm³/mol. The highest BCUT2D eigenvalue weighted by atomic mass is 16.5. The van der Waals surface area contributed by atoms with Crippen LogP contribution in [0.25, 0.3) is 11.0 Å². The smallest absolute Gasteiger partial charge is 0.328 e. The number of benzene rings is 2. The van der Waals surface area contributed by atoms with Gasteiger partial charge in [-0.3, -0.25) is 4.79 Å². The lowest BCUT2D eigenvalue weighted by Gasteiger charge is -2.29. The molecule has 0 fully saturated rings. The van der Waals surface area contributed by atoms with Crippen molar-refractivity contribution in [2.24, 2.45) is 7.05 Å². The van der Waals surface area contributed by atoms with Gasteiger partial charge in [-0.2, -0.15) is 0 Å². The quantitative estimate of drug-likeness (QED) is 0.548. The van der Waals surface area contributed by atoms with Crippen molar-refractivity contribution in [2.45, 2.75) is 32.8 Å². The van der Waals surface area contributed by atoms with Crippen LogP contribution in [0.3, 0.4) is 0 Å². The van der Waals surface area contributed by atoms with Crippen LogP contribution in [0.1, 0.15) is 45.4 Å². The predicted octanol–water partition coefficient (Wildman–Crippen LogP) is 3.67. The van der Waals surface area contributed by atoms with Gasteiger partial charge in [-0.15, -0.1) is 0 Å². The van der Waals surface area contributed by atoms with Crippen molar-refractivity contribution in [3.05, 3.63) is 70.6 Å². The number of imidazole rings is 1. The second-order valence-corrected chi connectivity index (χ2v) is 8.53. The third-order valence-corrected chi connectivity index (χ3v) is 5.92. The van der Waals surface area contributed by atoms with Crippen molar-refractivity contribution in [1.82, 2.24) is 14.5 Å². The topological polar surface area (TPSA) is 122 Å². The number of carbonyl (C=O) groups excluding carboxylic acids is 1. The average molecular weight is 480 g/mol. The number of rotatable bonds is 4. The molecule has 4 rings (SSSR count). The van der Waals surface area contributed by atoms with Crippen LogP contribution >= 0.6 is 0 Å². The Bertz CT molecular complexity index is 1310. The minimum Gasteiger partial charge on any atom is -0.483 e. The highest BCUT2D eigenvalue weighted by Crippen LogP contribution is 2.42. The number of aromatic nitrogens is 2. The number of fused-ring (bicyclic) bond motifs is 3. The molecule has 0 saturated heterocycles. The molecule has 0 unspecified atom stereocenters. The van der Waals surface area contributed by atoms with E-state index in [9.17, 15) is 14.4 Å². The van der Waals surface area contributed by atoms with Crippen molar-refractivity contribution in [1.29, 1.82) is 0 Å². The van der Waals surface area contributed by atoms with Crippen LogP contribution in [0.2, 0.25) is 0 Å². The molecule has 1 aromatic heterocycles. The maximum absolute atomic E-state index is 12.8. The van der Waals surface area contributed by atoms with Gasteiger partial charge in [0.1, 0.15) is 17.4 Å². The van der Waals surface area contributed by atoms with E-state index >= 15 is 0 Å². The Hall–Kier alpha value is -4.14. The van der Waals surface area contributed by atoms with Gasteiger partial charge >= 0.3 is 11.9 Å². The molecule has 9 nitrogen and oxygen atoms in total. The molecule has 0 saturated carbocycles. The van der Waals surface area contributed by atoms with Crippen LogP contribution in [0.5, 0.6) is 5.75 Å². The number of hydrogen-bond donors (Lipinski definition) is 2. The van der Waals surface area contributed by atoms with Crippen LogP contribution < -0.4 is 4.74 Å². The molecule has 184 valence electrons. The molecule has 2 aromatic carbocycles. The first-order valence-electron chi connectivity index (χ1n) is 11.1. The highest BCUT2D eigenvalue weighted by molar-refractivity contribution is 6.01. The van der Waals surface area contributed by atoms with E-state index in [2.05, 4.69) is 19.1 Å². The fourth-order valence-electron chi connectivity index (χ4n) is 4.04. The molecule has 3 aromatic rings. The van der Waals surface area contributed by atoms with Crippen molar-refractivity contribution in [3.8, 4) is 5.75 Å². The number of hydrogen-bond acceptors (Lipinski definition) is 5. The van der Waals surface area contributed by atoms with E-state index in [1.54, 1.807) is 19.0 Å². The van der Waals surface area contributed by atoms with Crippen LogP contribution in [0.15, 0.2) is 42.5 Å². The number of carbonyl (C=O) groups is 3.